The van der Waals surface area contributed by atoms with Crippen LogP contribution in [-0.4, -0.2) is 63.3 Å². The van der Waals surface area contributed by atoms with Crippen molar-refractivity contribution in [3.63, 3.8) is 0 Å². The number of H-pyrrole nitrogens is 1. The van der Waals surface area contributed by atoms with Crippen molar-refractivity contribution < 1.29 is 14.3 Å². The average molecular weight is 549 g/mol. The van der Waals surface area contributed by atoms with Crippen LogP contribution in [0.25, 0.3) is 16.9 Å². The first-order chi connectivity index (χ1) is 19.6. The van der Waals surface area contributed by atoms with E-state index in [-0.39, 0.29) is 5.56 Å². The number of fused-ring (bicyclic) bond motifs is 1. The van der Waals surface area contributed by atoms with E-state index in [4.69, 9.17) is 24.4 Å². The van der Waals surface area contributed by atoms with Crippen LogP contribution < -0.4 is 10.3 Å². The molecule has 1 saturated carbocycles. The van der Waals surface area contributed by atoms with E-state index in [1.54, 1.807) is 0 Å². The van der Waals surface area contributed by atoms with Crippen molar-refractivity contribution in [1.29, 1.82) is 0 Å². The smallest absolute Gasteiger partial charge is 0.277 e. The Balaban J connectivity index is 1.28. The number of benzene rings is 1. The third-order valence-electron chi connectivity index (χ3n) is 8.44. The fourth-order valence-electron chi connectivity index (χ4n) is 6.37. The molecule has 0 spiro atoms. The van der Waals surface area contributed by atoms with Crippen LogP contribution in [0.4, 0.5) is 0 Å². The molecule has 2 aromatic heterocycles. The maximum absolute atomic E-state index is 13.4. The van der Waals surface area contributed by atoms with Crippen LogP contribution in [0.2, 0.25) is 0 Å². The summed E-state index contributed by atoms with van der Waals surface area (Å²) in [6, 6.07) is 6.22. The lowest BCUT2D eigenvalue weighted by Gasteiger charge is -2.32. The Morgan fingerprint density at radius 2 is 1.85 bits per heavy atom. The highest BCUT2D eigenvalue weighted by Gasteiger charge is 2.27. The van der Waals surface area contributed by atoms with E-state index in [9.17, 15) is 4.79 Å². The van der Waals surface area contributed by atoms with E-state index in [1.807, 2.05) is 24.4 Å². The molecule has 10 nitrogen and oxygen atoms in total. The topological polar surface area (TPSA) is 106 Å². The number of likely N-dealkylation sites (tertiary alicyclic amines) is 1. The van der Waals surface area contributed by atoms with E-state index >= 15 is 0 Å². The van der Waals surface area contributed by atoms with E-state index in [2.05, 4.69) is 27.2 Å². The number of nitrogens with zero attached hydrogens (tertiary/aromatic N) is 5. The zero-order valence-corrected chi connectivity index (χ0v) is 23.7. The Bertz CT molecular complexity index is 1410. The maximum Gasteiger partial charge on any atom is 0.277 e. The number of nitrogens with one attached hydrogen (secondary N) is 1. The third-order valence-corrected chi connectivity index (χ3v) is 8.44. The number of piperidine rings is 1. The van der Waals surface area contributed by atoms with Crippen molar-refractivity contribution in [2.45, 2.75) is 77.7 Å². The summed E-state index contributed by atoms with van der Waals surface area (Å²) in [7, 11) is 0. The zero-order chi connectivity index (χ0) is 27.5. The molecular weight excluding hydrogens is 508 g/mol. The van der Waals surface area contributed by atoms with Gasteiger partial charge in [-0.2, -0.15) is 0 Å². The predicted molar refractivity (Wildman–Crippen MR) is 153 cm³/mol. The monoisotopic (exact) mass is 548 g/mol. The van der Waals surface area contributed by atoms with Gasteiger partial charge in [-0.15, -0.1) is 5.10 Å². The van der Waals surface area contributed by atoms with E-state index in [0.29, 0.717) is 48.7 Å². The lowest BCUT2D eigenvalue weighted by atomic mass is 9.96. The Labute approximate surface area is 234 Å². The van der Waals surface area contributed by atoms with Gasteiger partial charge in [0.25, 0.3) is 5.56 Å². The van der Waals surface area contributed by atoms with Crippen molar-refractivity contribution in [1.82, 2.24) is 24.5 Å². The zero-order valence-electron chi connectivity index (χ0n) is 23.7. The molecule has 0 unspecified atom stereocenters. The first-order valence-electron chi connectivity index (χ1n) is 14.9. The van der Waals surface area contributed by atoms with Crippen LogP contribution in [0.5, 0.6) is 5.75 Å². The molecule has 1 aromatic carbocycles. The van der Waals surface area contributed by atoms with Gasteiger partial charge >= 0.3 is 0 Å². The molecule has 2 fully saturated rings. The molecule has 40 heavy (non-hydrogen) atoms. The standard InChI is InChI=1S/C30H40N6O4/c1-3-38-25-11-10-21(19-35-14-12-23(13-15-35)30-34-40-17-16-39-30)18-24(25)27-32-29(37)26-20(2)31-28(36(26)33-27)22-8-6-4-5-7-9-22/h10-11,18,22-23H,3-9,12-17,19H2,1-2H3,(H,32,33,37). The number of aryl methyl sites for hydroxylation is 1. The second kappa shape index (κ2) is 12.0. The summed E-state index contributed by atoms with van der Waals surface area (Å²) in [5.74, 6) is 3.53. The molecule has 1 saturated heterocycles. The molecule has 214 valence electrons. The summed E-state index contributed by atoms with van der Waals surface area (Å²) in [5, 5.41) is 9.12. The summed E-state index contributed by atoms with van der Waals surface area (Å²) in [5.41, 5.74) is 3.06. The molecular formula is C30H40N6O4. The Morgan fingerprint density at radius 3 is 2.58 bits per heavy atom. The summed E-state index contributed by atoms with van der Waals surface area (Å²) >= 11 is 0. The third kappa shape index (κ3) is 5.59. The maximum atomic E-state index is 13.4. The van der Waals surface area contributed by atoms with Gasteiger partial charge in [-0.1, -0.05) is 36.9 Å². The van der Waals surface area contributed by atoms with Crippen molar-refractivity contribution in [3.8, 4) is 17.1 Å². The van der Waals surface area contributed by atoms with Crippen LogP contribution >= 0.6 is 0 Å². The lowest BCUT2D eigenvalue weighted by Crippen LogP contribution is -2.37. The largest absolute Gasteiger partial charge is 0.493 e. The summed E-state index contributed by atoms with van der Waals surface area (Å²) in [6.45, 7) is 8.22. The van der Waals surface area contributed by atoms with Crippen molar-refractivity contribution in [2.24, 2.45) is 11.1 Å². The SMILES string of the molecule is CCOc1ccc(CN2CCC(C3=NOCCO3)CC2)cc1-c1nn2c(C3CCCCCC3)nc(C)c2c(=O)[nH]1. The number of hydrogen-bond donors (Lipinski definition) is 1. The van der Waals surface area contributed by atoms with Gasteiger partial charge < -0.3 is 19.3 Å². The van der Waals surface area contributed by atoms with Crippen LogP contribution in [0, 0.1) is 12.8 Å². The van der Waals surface area contributed by atoms with E-state index < -0.39 is 0 Å². The van der Waals surface area contributed by atoms with E-state index in [0.717, 1.165) is 73.9 Å². The first-order valence-corrected chi connectivity index (χ1v) is 14.9. The van der Waals surface area contributed by atoms with Crippen LogP contribution in [0.1, 0.15) is 81.3 Å². The fraction of sp³-hybridized carbons (Fsp3) is 0.600. The molecule has 10 heteroatoms. The molecule has 2 aliphatic heterocycles. The van der Waals surface area contributed by atoms with Crippen molar-refractivity contribution in [2.75, 3.05) is 32.9 Å². The number of hydrogen-bond acceptors (Lipinski definition) is 8. The highest BCUT2D eigenvalue weighted by Crippen LogP contribution is 2.33. The van der Waals surface area contributed by atoms with Crippen LogP contribution in [-0.2, 0) is 16.1 Å². The molecule has 0 amide bonds. The minimum Gasteiger partial charge on any atom is -0.493 e. The number of ether oxygens (including phenoxy) is 2. The minimum absolute atomic E-state index is 0.165. The molecule has 0 bridgehead atoms. The van der Waals surface area contributed by atoms with Crippen LogP contribution in [0.15, 0.2) is 28.1 Å². The van der Waals surface area contributed by atoms with Gasteiger partial charge in [0, 0.05) is 18.4 Å². The van der Waals surface area contributed by atoms with Crippen molar-refractivity contribution in [3.05, 3.63) is 45.6 Å². The first kappa shape index (κ1) is 26.8. The number of imidazole rings is 1. The highest BCUT2D eigenvalue weighted by molar-refractivity contribution is 5.78. The lowest BCUT2D eigenvalue weighted by molar-refractivity contribution is 0.0522. The number of aromatic amines is 1. The van der Waals surface area contributed by atoms with Gasteiger partial charge in [-0.05, 0) is 70.3 Å². The second-order valence-corrected chi connectivity index (χ2v) is 11.2. The number of oxime groups is 1. The van der Waals surface area contributed by atoms with Gasteiger partial charge in [-0.3, -0.25) is 9.69 Å². The highest BCUT2D eigenvalue weighted by atomic mass is 16.7. The van der Waals surface area contributed by atoms with Crippen LogP contribution in [0.3, 0.4) is 0 Å². The average Bonchev–Trinajstić information content (AvgIpc) is 3.13. The predicted octanol–water partition coefficient (Wildman–Crippen LogP) is 4.80. The summed E-state index contributed by atoms with van der Waals surface area (Å²) < 4.78 is 13.5. The molecule has 4 heterocycles. The van der Waals surface area contributed by atoms with Gasteiger partial charge in [0.15, 0.2) is 17.9 Å². The molecule has 1 N–H and O–H groups in total. The molecule has 0 radical (unpaired) electrons. The Hall–Kier alpha value is -3.40. The van der Waals surface area contributed by atoms with Gasteiger partial charge in [0.05, 0.1) is 17.9 Å². The van der Waals surface area contributed by atoms with Gasteiger partial charge in [0.1, 0.15) is 18.2 Å². The molecule has 6 rings (SSSR count). The summed E-state index contributed by atoms with van der Waals surface area (Å²) in [6.07, 6.45) is 9.06. The number of aromatic nitrogens is 4. The van der Waals surface area contributed by atoms with Gasteiger partial charge in [0.2, 0.25) is 5.90 Å². The Kier molecular flexibility index (Phi) is 8.04. The van der Waals surface area contributed by atoms with Crippen molar-refractivity contribution >= 4 is 11.4 Å². The molecule has 3 aromatic rings. The molecule has 0 atom stereocenters. The quantitative estimate of drug-likeness (QED) is 0.423. The normalized spacial score (nSPS) is 19.6. The van der Waals surface area contributed by atoms with Gasteiger partial charge in [-0.25, -0.2) is 9.50 Å². The number of rotatable bonds is 7. The Morgan fingerprint density at radius 1 is 1.05 bits per heavy atom. The molecule has 1 aliphatic carbocycles. The minimum atomic E-state index is -0.165. The molecule has 3 aliphatic rings. The van der Waals surface area contributed by atoms with E-state index in [1.165, 1.54) is 25.7 Å². The second-order valence-electron chi connectivity index (χ2n) is 11.2. The summed E-state index contributed by atoms with van der Waals surface area (Å²) in [4.78, 5) is 28.9. The fourth-order valence-corrected chi connectivity index (χ4v) is 6.37.